The Morgan fingerprint density at radius 3 is 2.08 bits per heavy atom. The van der Waals surface area contributed by atoms with Crippen LogP contribution in [0.3, 0.4) is 0 Å². The summed E-state index contributed by atoms with van der Waals surface area (Å²) in [7, 11) is 2.00. The molecule has 0 saturated heterocycles. The SMILES string of the molecule is CC.C[n+]1ccccc1/C(=N\OCc1ccccc1)c1ccccc1. The number of hydrogen-bond donors (Lipinski definition) is 0. The molecule has 0 fully saturated rings. The predicted molar refractivity (Wildman–Crippen MR) is 102 cm³/mol. The van der Waals surface area contributed by atoms with Gasteiger partial charge in [-0.15, -0.1) is 0 Å². The fraction of sp³-hybridized carbons (Fsp3) is 0.182. The van der Waals surface area contributed by atoms with Gasteiger partial charge in [0, 0.05) is 17.7 Å². The van der Waals surface area contributed by atoms with E-state index >= 15 is 0 Å². The highest BCUT2D eigenvalue weighted by Gasteiger charge is 2.16. The summed E-state index contributed by atoms with van der Waals surface area (Å²) < 4.78 is 2.04. The molecule has 128 valence electrons. The fourth-order valence-corrected chi connectivity index (χ4v) is 2.36. The molecule has 1 aromatic heterocycles. The van der Waals surface area contributed by atoms with Gasteiger partial charge in [-0.2, -0.15) is 4.57 Å². The summed E-state index contributed by atoms with van der Waals surface area (Å²) in [5.74, 6) is 0. The molecule has 3 heteroatoms. The average molecular weight is 333 g/mol. The second-order valence-corrected chi connectivity index (χ2v) is 5.26. The van der Waals surface area contributed by atoms with E-state index in [1.807, 2.05) is 111 Å². The summed E-state index contributed by atoms with van der Waals surface area (Å²) in [5.41, 5.74) is 3.96. The van der Waals surface area contributed by atoms with Crippen molar-refractivity contribution >= 4 is 5.71 Å². The fourth-order valence-electron chi connectivity index (χ4n) is 2.36. The van der Waals surface area contributed by atoms with Crippen LogP contribution in [0.25, 0.3) is 0 Å². The molecule has 0 aliphatic rings. The summed E-state index contributed by atoms with van der Waals surface area (Å²) in [5, 5.41) is 4.42. The monoisotopic (exact) mass is 333 g/mol. The van der Waals surface area contributed by atoms with Crippen molar-refractivity contribution in [2.45, 2.75) is 20.5 Å². The van der Waals surface area contributed by atoms with Gasteiger partial charge in [-0.25, -0.2) is 0 Å². The van der Waals surface area contributed by atoms with Crippen molar-refractivity contribution < 1.29 is 9.40 Å². The van der Waals surface area contributed by atoms with Crippen LogP contribution in [-0.4, -0.2) is 5.71 Å². The third kappa shape index (κ3) is 5.28. The first-order valence-corrected chi connectivity index (χ1v) is 8.59. The third-order valence-electron chi connectivity index (χ3n) is 3.57. The molecular weight excluding hydrogens is 308 g/mol. The lowest BCUT2D eigenvalue weighted by molar-refractivity contribution is -0.672. The van der Waals surface area contributed by atoms with E-state index in [9.17, 15) is 0 Å². The average Bonchev–Trinajstić information content (AvgIpc) is 2.69. The molecule has 0 aliphatic carbocycles. The minimum Gasteiger partial charge on any atom is -0.390 e. The van der Waals surface area contributed by atoms with Gasteiger partial charge < -0.3 is 4.84 Å². The maximum atomic E-state index is 5.62. The molecule has 0 unspecified atom stereocenters. The van der Waals surface area contributed by atoms with Crippen molar-refractivity contribution in [1.29, 1.82) is 0 Å². The molecule has 0 amide bonds. The smallest absolute Gasteiger partial charge is 0.234 e. The summed E-state index contributed by atoms with van der Waals surface area (Å²) >= 11 is 0. The topological polar surface area (TPSA) is 25.5 Å². The van der Waals surface area contributed by atoms with Gasteiger partial charge in [-0.1, -0.05) is 79.7 Å². The number of benzene rings is 2. The van der Waals surface area contributed by atoms with Gasteiger partial charge in [0.25, 0.3) is 0 Å². The second kappa shape index (κ2) is 10.0. The molecule has 0 spiro atoms. The number of nitrogens with zero attached hydrogens (tertiary/aromatic N) is 2. The maximum absolute atomic E-state index is 5.62. The van der Waals surface area contributed by atoms with E-state index in [2.05, 4.69) is 5.16 Å². The molecule has 0 N–H and O–H groups in total. The minimum atomic E-state index is 0.452. The van der Waals surface area contributed by atoms with Crippen molar-refractivity contribution in [2.75, 3.05) is 0 Å². The Hall–Kier alpha value is -2.94. The summed E-state index contributed by atoms with van der Waals surface area (Å²) in [6.07, 6.45) is 2.00. The van der Waals surface area contributed by atoms with Crippen molar-refractivity contribution in [3.8, 4) is 0 Å². The number of oxime groups is 1. The van der Waals surface area contributed by atoms with Crippen molar-refractivity contribution in [1.82, 2.24) is 0 Å². The Morgan fingerprint density at radius 2 is 1.44 bits per heavy atom. The molecule has 0 aliphatic heterocycles. The van der Waals surface area contributed by atoms with Crippen LogP contribution in [0.1, 0.15) is 30.7 Å². The first-order valence-electron chi connectivity index (χ1n) is 8.59. The van der Waals surface area contributed by atoms with E-state index < -0.39 is 0 Å². The van der Waals surface area contributed by atoms with E-state index in [0.29, 0.717) is 6.61 Å². The van der Waals surface area contributed by atoms with Crippen LogP contribution < -0.4 is 4.57 Å². The molecule has 25 heavy (non-hydrogen) atoms. The van der Waals surface area contributed by atoms with Crippen molar-refractivity contribution in [2.24, 2.45) is 12.2 Å². The van der Waals surface area contributed by atoms with E-state index in [1.165, 1.54) is 0 Å². The Morgan fingerprint density at radius 1 is 0.840 bits per heavy atom. The van der Waals surface area contributed by atoms with Crippen LogP contribution in [0.5, 0.6) is 0 Å². The quantitative estimate of drug-likeness (QED) is 0.383. The van der Waals surface area contributed by atoms with E-state index in [-0.39, 0.29) is 0 Å². The molecule has 0 saturated carbocycles. The second-order valence-electron chi connectivity index (χ2n) is 5.26. The molecule has 2 aromatic carbocycles. The highest BCUT2D eigenvalue weighted by molar-refractivity contribution is 6.10. The molecule has 1 heterocycles. The van der Waals surface area contributed by atoms with Gasteiger partial charge in [-0.3, -0.25) is 0 Å². The van der Waals surface area contributed by atoms with Crippen LogP contribution >= 0.6 is 0 Å². The third-order valence-corrected chi connectivity index (χ3v) is 3.57. The minimum absolute atomic E-state index is 0.452. The summed E-state index contributed by atoms with van der Waals surface area (Å²) in [6, 6.07) is 26.2. The van der Waals surface area contributed by atoms with Gasteiger partial charge in [0.2, 0.25) is 5.69 Å². The number of aromatic nitrogens is 1. The van der Waals surface area contributed by atoms with Crippen LogP contribution in [0, 0.1) is 0 Å². The summed E-state index contributed by atoms with van der Waals surface area (Å²) in [6.45, 7) is 4.45. The van der Waals surface area contributed by atoms with Crippen molar-refractivity contribution in [3.05, 3.63) is 102 Å². The van der Waals surface area contributed by atoms with Crippen LogP contribution in [0.2, 0.25) is 0 Å². The first-order chi connectivity index (χ1) is 12.3. The van der Waals surface area contributed by atoms with Crippen LogP contribution in [0.15, 0.2) is 90.2 Å². The zero-order valence-electron chi connectivity index (χ0n) is 15.1. The highest BCUT2D eigenvalue weighted by atomic mass is 16.6. The van der Waals surface area contributed by atoms with Gasteiger partial charge in [0.15, 0.2) is 11.9 Å². The van der Waals surface area contributed by atoms with Crippen LogP contribution in [-0.2, 0) is 18.5 Å². The highest BCUT2D eigenvalue weighted by Crippen LogP contribution is 2.09. The molecule has 0 bridgehead atoms. The molecule has 3 rings (SSSR count). The lowest BCUT2D eigenvalue weighted by Crippen LogP contribution is -2.36. The Balaban J connectivity index is 0.00000109. The zero-order chi connectivity index (χ0) is 17.9. The van der Waals surface area contributed by atoms with Gasteiger partial charge in [0.05, 0.1) is 0 Å². The first kappa shape index (κ1) is 18.4. The number of rotatable bonds is 5. The molecule has 3 aromatic rings. The normalized spacial score (nSPS) is 10.6. The van der Waals surface area contributed by atoms with Crippen LogP contribution in [0.4, 0.5) is 0 Å². The molecule has 0 atom stereocenters. The number of aryl methyl sites for hydroxylation is 1. The molecule has 3 nitrogen and oxygen atoms in total. The van der Waals surface area contributed by atoms with E-state index in [0.717, 1.165) is 22.5 Å². The van der Waals surface area contributed by atoms with Crippen molar-refractivity contribution in [3.63, 3.8) is 0 Å². The lowest BCUT2D eigenvalue weighted by Gasteiger charge is -2.06. The standard InChI is InChI=1S/C20H19N2O.C2H6/c1-22-15-9-8-14-19(22)20(18-12-6-3-7-13-18)21-23-16-17-10-4-2-5-11-17;1-2/h2-15H,16H2,1H3;1-2H3/q+1;/b21-20-;. The molecule has 0 radical (unpaired) electrons. The zero-order valence-corrected chi connectivity index (χ0v) is 15.1. The Bertz CT molecular complexity index is 783. The van der Waals surface area contributed by atoms with Gasteiger partial charge in [-0.05, 0) is 11.6 Å². The Labute approximate surface area is 150 Å². The van der Waals surface area contributed by atoms with E-state index in [1.54, 1.807) is 0 Å². The summed E-state index contributed by atoms with van der Waals surface area (Å²) in [4.78, 5) is 5.62. The van der Waals surface area contributed by atoms with E-state index in [4.69, 9.17) is 4.84 Å². The Kier molecular flexibility index (Phi) is 7.39. The number of hydrogen-bond acceptors (Lipinski definition) is 2. The largest absolute Gasteiger partial charge is 0.390 e. The molecular formula is C22H25N2O+. The lowest BCUT2D eigenvalue weighted by atomic mass is 10.1. The maximum Gasteiger partial charge on any atom is 0.234 e. The van der Waals surface area contributed by atoms with Gasteiger partial charge in [0.1, 0.15) is 13.7 Å². The van der Waals surface area contributed by atoms with Gasteiger partial charge >= 0.3 is 0 Å². The predicted octanol–water partition coefficient (Wildman–Crippen LogP) is 4.51. The number of pyridine rings is 1.